The summed E-state index contributed by atoms with van der Waals surface area (Å²) in [4.78, 5) is 0. The zero-order valence-electron chi connectivity index (χ0n) is 5.29. The Balaban J connectivity index is 2.34. The number of rotatable bonds is 0. The van der Waals surface area contributed by atoms with Gasteiger partial charge in [0.2, 0.25) is 0 Å². The Morgan fingerprint density at radius 2 is 1.78 bits per heavy atom. The van der Waals surface area contributed by atoms with Crippen LogP contribution in [0.3, 0.4) is 0 Å². The van der Waals surface area contributed by atoms with Crippen LogP contribution in [0.1, 0.15) is 6.42 Å². The maximum atomic E-state index is 2.38. The molecule has 0 aromatic rings. The largest absolute Gasteiger partial charge is 0.180 e. The lowest BCUT2D eigenvalue weighted by Gasteiger charge is -2.21. The van der Waals surface area contributed by atoms with Crippen LogP contribution < -0.4 is 0 Å². The normalized spacial score (nSPS) is 30.2. The zero-order valence-corrected chi connectivity index (χ0v) is 6.10. The van der Waals surface area contributed by atoms with Gasteiger partial charge in [0.1, 0.15) is 0 Å². The third kappa shape index (κ3) is 0.761. The summed E-state index contributed by atoms with van der Waals surface area (Å²) >= 11 is 0. The van der Waals surface area contributed by atoms with E-state index in [1.165, 1.54) is 12.2 Å². The highest BCUT2D eigenvalue weighted by atomic mass is 32.3. The fourth-order valence-electron chi connectivity index (χ4n) is 1.24. The number of hydrogen-bond acceptors (Lipinski definition) is 0. The lowest BCUT2D eigenvalue weighted by molar-refractivity contribution is 1.27. The first-order chi connectivity index (χ1) is 4.41. The Morgan fingerprint density at radius 3 is 2.33 bits per heavy atom. The smallest absolute Gasteiger partial charge is 0.00886 e. The molecule has 0 fully saturated rings. The van der Waals surface area contributed by atoms with Gasteiger partial charge in [-0.2, -0.15) is 10.0 Å². The van der Waals surface area contributed by atoms with Crippen LogP contribution in [-0.4, -0.2) is 5.75 Å². The van der Waals surface area contributed by atoms with E-state index in [9.17, 15) is 0 Å². The Bertz CT molecular complexity index is 187. The molecule has 9 heavy (non-hydrogen) atoms. The minimum atomic E-state index is -0.468. The average molecular weight is 138 g/mol. The zero-order chi connectivity index (χ0) is 6.16. The van der Waals surface area contributed by atoms with Gasteiger partial charge in [0.15, 0.2) is 0 Å². The van der Waals surface area contributed by atoms with Gasteiger partial charge in [0, 0.05) is 0 Å². The topological polar surface area (TPSA) is 0 Å². The summed E-state index contributed by atoms with van der Waals surface area (Å²) < 4.78 is 0. The van der Waals surface area contributed by atoms with Crippen LogP contribution in [0.4, 0.5) is 0 Å². The van der Waals surface area contributed by atoms with Gasteiger partial charge in [-0.25, -0.2) is 0 Å². The molecule has 0 N–H and O–H groups in total. The van der Waals surface area contributed by atoms with Crippen molar-refractivity contribution < 1.29 is 0 Å². The molecule has 0 saturated carbocycles. The van der Waals surface area contributed by atoms with Crippen molar-refractivity contribution in [1.82, 2.24) is 0 Å². The van der Waals surface area contributed by atoms with Crippen molar-refractivity contribution in [3.63, 3.8) is 0 Å². The third-order valence-corrected chi connectivity index (χ3v) is 4.73. The Morgan fingerprint density at radius 1 is 1.00 bits per heavy atom. The summed E-state index contributed by atoms with van der Waals surface area (Å²) in [5.74, 6) is 1.36. The quantitative estimate of drug-likeness (QED) is 0.483. The molecule has 0 bridgehead atoms. The van der Waals surface area contributed by atoms with E-state index in [1.807, 2.05) is 0 Å². The van der Waals surface area contributed by atoms with Gasteiger partial charge >= 0.3 is 0 Å². The first-order valence-electron chi connectivity index (χ1n) is 3.24. The van der Waals surface area contributed by atoms with Gasteiger partial charge in [-0.3, -0.25) is 0 Å². The van der Waals surface area contributed by atoms with Gasteiger partial charge in [0.05, 0.1) is 0 Å². The van der Waals surface area contributed by atoms with Gasteiger partial charge in [-0.05, 0) is 28.4 Å². The molecule has 2 rings (SSSR count). The number of hydrogen-bond donors (Lipinski definition) is 0. The van der Waals surface area contributed by atoms with E-state index < -0.39 is 10.0 Å². The predicted molar refractivity (Wildman–Crippen MR) is 44.5 cm³/mol. The molecule has 0 atom stereocenters. The van der Waals surface area contributed by atoms with Crippen LogP contribution in [0.25, 0.3) is 0 Å². The summed E-state index contributed by atoms with van der Waals surface area (Å²) in [7, 11) is -0.468. The van der Waals surface area contributed by atoms with Crippen molar-refractivity contribution in [2.45, 2.75) is 6.42 Å². The van der Waals surface area contributed by atoms with Crippen LogP contribution in [0.2, 0.25) is 0 Å². The summed E-state index contributed by atoms with van der Waals surface area (Å²) in [6, 6.07) is 0. The fourth-order valence-corrected chi connectivity index (χ4v) is 3.73. The van der Waals surface area contributed by atoms with Crippen LogP contribution in [-0.2, 0) is 0 Å². The molecule has 0 nitrogen and oxygen atoms in total. The van der Waals surface area contributed by atoms with Crippen LogP contribution in [0.15, 0.2) is 34.5 Å². The lowest BCUT2D eigenvalue weighted by atomic mass is 10.5. The van der Waals surface area contributed by atoms with Crippen LogP contribution >= 0.6 is 10.0 Å². The molecule has 2 heterocycles. The highest BCUT2D eigenvalue weighted by Crippen LogP contribution is 2.58. The maximum Gasteiger partial charge on any atom is -0.00886 e. The van der Waals surface area contributed by atoms with Crippen molar-refractivity contribution in [3.05, 3.63) is 34.5 Å². The van der Waals surface area contributed by atoms with Crippen molar-refractivity contribution in [1.29, 1.82) is 0 Å². The molecule has 0 saturated heterocycles. The summed E-state index contributed by atoms with van der Waals surface area (Å²) in [6.07, 6.45) is 7.93. The van der Waals surface area contributed by atoms with Crippen molar-refractivity contribution in [2.24, 2.45) is 0 Å². The predicted octanol–water partition coefficient (Wildman–Crippen LogP) is 2.75. The standard InChI is InChI=1S/C8H10S/c1-2-6-9(5-1)7-3-4-8-9/h1-3,5-7H,4,8H2. The molecule has 1 heteroatoms. The van der Waals surface area contributed by atoms with E-state index in [-0.39, 0.29) is 0 Å². The van der Waals surface area contributed by atoms with Crippen LogP contribution in [0.5, 0.6) is 0 Å². The van der Waals surface area contributed by atoms with Gasteiger partial charge in [-0.15, -0.1) is 0 Å². The molecule has 2 aliphatic rings. The summed E-state index contributed by atoms with van der Waals surface area (Å²) in [6.45, 7) is 0. The average Bonchev–Trinajstić information content (AvgIpc) is 2.45. The minimum absolute atomic E-state index is 0.468. The second kappa shape index (κ2) is 1.77. The van der Waals surface area contributed by atoms with Crippen molar-refractivity contribution in [2.75, 3.05) is 5.75 Å². The molecule has 1 spiro atoms. The third-order valence-electron chi connectivity index (χ3n) is 1.76. The molecule has 0 radical (unpaired) electrons. The monoisotopic (exact) mass is 138 g/mol. The highest BCUT2D eigenvalue weighted by molar-refractivity contribution is 8.41. The minimum Gasteiger partial charge on any atom is -0.180 e. The molecule has 0 aliphatic carbocycles. The molecule has 0 amide bonds. The Hall–Kier alpha value is -0.430. The molecular weight excluding hydrogens is 128 g/mol. The van der Waals surface area contributed by atoms with E-state index >= 15 is 0 Å². The molecule has 0 unspecified atom stereocenters. The summed E-state index contributed by atoms with van der Waals surface area (Å²) in [5, 5.41) is 7.10. The summed E-state index contributed by atoms with van der Waals surface area (Å²) in [5.41, 5.74) is 0. The molecule has 48 valence electrons. The first-order valence-corrected chi connectivity index (χ1v) is 5.23. The van der Waals surface area contributed by atoms with E-state index in [2.05, 4.69) is 34.5 Å². The Kier molecular flexibility index (Phi) is 1.06. The van der Waals surface area contributed by atoms with Gasteiger partial charge in [0.25, 0.3) is 0 Å². The van der Waals surface area contributed by atoms with E-state index in [0.717, 1.165) is 0 Å². The second-order valence-corrected chi connectivity index (χ2v) is 5.47. The molecular formula is C8H10S. The van der Waals surface area contributed by atoms with Gasteiger partial charge in [-0.1, -0.05) is 18.2 Å². The lowest BCUT2D eigenvalue weighted by Crippen LogP contribution is -1.84. The van der Waals surface area contributed by atoms with Crippen molar-refractivity contribution in [3.8, 4) is 0 Å². The fraction of sp³-hybridized carbons (Fsp3) is 0.250. The molecule has 0 aromatic heterocycles. The SMILES string of the molecule is C1=CS2(C=C1)C=CCC2. The van der Waals surface area contributed by atoms with E-state index in [4.69, 9.17) is 0 Å². The van der Waals surface area contributed by atoms with E-state index in [1.54, 1.807) is 0 Å². The second-order valence-electron chi connectivity index (χ2n) is 2.43. The molecule has 2 aliphatic heterocycles. The number of allylic oxidation sites excluding steroid dienone is 3. The van der Waals surface area contributed by atoms with Crippen LogP contribution in [0, 0.1) is 0 Å². The maximum absolute atomic E-state index is 2.38. The van der Waals surface area contributed by atoms with E-state index in [0.29, 0.717) is 0 Å². The van der Waals surface area contributed by atoms with Crippen molar-refractivity contribution >= 4 is 10.0 Å². The first kappa shape index (κ1) is 5.36. The Labute approximate surface area is 57.3 Å². The van der Waals surface area contributed by atoms with Gasteiger partial charge < -0.3 is 0 Å². The molecule has 0 aromatic carbocycles. The highest BCUT2D eigenvalue weighted by Gasteiger charge is 2.18.